The third-order valence-corrected chi connectivity index (χ3v) is 2.61. The highest BCUT2D eigenvalue weighted by molar-refractivity contribution is 9.10. The van der Waals surface area contributed by atoms with Gasteiger partial charge in [-0.25, -0.2) is 9.50 Å². The molecular weight excluding hydrogens is 284 g/mol. The first-order valence-electron chi connectivity index (χ1n) is 4.90. The first kappa shape index (κ1) is 10.2. The molecule has 0 N–H and O–H groups in total. The van der Waals surface area contributed by atoms with Crippen molar-refractivity contribution in [2.24, 2.45) is 0 Å². The Hall–Kier alpha value is -1.95. The fourth-order valence-corrected chi connectivity index (χ4v) is 1.82. The van der Waals surface area contributed by atoms with Crippen molar-refractivity contribution in [2.45, 2.75) is 0 Å². The Labute approximate surface area is 105 Å². The van der Waals surface area contributed by atoms with Crippen molar-refractivity contribution >= 4 is 21.6 Å². The molecule has 0 atom stereocenters. The zero-order valence-electron chi connectivity index (χ0n) is 8.62. The Morgan fingerprint density at radius 2 is 2.24 bits per heavy atom. The van der Waals surface area contributed by atoms with Gasteiger partial charge in [0.25, 0.3) is 0 Å². The van der Waals surface area contributed by atoms with Crippen LogP contribution in [0.1, 0.15) is 0 Å². The van der Waals surface area contributed by atoms with Crippen molar-refractivity contribution in [2.75, 3.05) is 0 Å². The first-order chi connectivity index (χ1) is 8.33. The molecular formula is C11H7BrN4O. The van der Waals surface area contributed by atoms with Gasteiger partial charge in [0.05, 0.1) is 6.20 Å². The molecule has 0 unspecified atom stereocenters. The highest BCUT2D eigenvalue weighted by Gasteiger charge is 2.05. The first-order valence-corrected chi connectivity index (χ1v) is 5.69. The summed E-state index contributed by atoms with van der Waals surface area (Å²) in [5, 5.41) is 4.04. The summed E-state index contributed by atoms with van der Waals surface area (Å²) in [6.07, 6.45) is 6.64. The van der Waals surface area contributed by atoms with E-state index in [0.717, 1.165) is 4.47 Å². The second kappa shape index (κ2) is 4.14. The van der Waals surface area contributed by atoms with Crippen molar-refractivity contribution in [3.8, 4) is 11.5 Å². The molecule has 3 aromatic heterocycles. The predicted molar refractivity (Wildman–Crippen MR) is 65.0 cm³/mol. The fraction of sp³-hybridized carbons (Fsp3) is 0. The summed E-state index contributed by atoms with van der Waals surface area (Å²) in [4.78, 5) is 8.17. The van der Waals surface area contributed by atoms with Gasteiger partial charge in [-0.2, -0.15) is 5.10 Å². The van der Waals surface area contributed by atoms with Gasteiger partial charge in [0.2, 0.25) is 0 Å². The van der Waals surface area contributed by atoms with Gasteiger partial charge < -0.3 is 4.74 Å². The van der Waals surface area contributed by atoms with Gasteiger partial charge in [0.1, 0.15) is 12.1 Å². The number of hydrogen-bond donors (Lipinski definition) is 0. The summed E-state index contributed by atoms with van der Waals surface area (Å²) >= 11 is 3.34. The molecule has 0 saturated heterocycles. The summed E-state index contributed by atoms with van der Waals surface area (Å²) < 4.78 is 8.23. The fourth-order valence-electron chi connectivity index (χ4n) is 1.48. The molecule has 6 heteroatoms. The Balaban J connectivity index is 2.02. The van der Waals surface area contributed by atoms with Crippen LogP contribution in [0.2, 0.25) is 0 Å². The zero-order valence-corrected chi connectivity index (χ0v) is 10.2. The van der Waals surface area contributed by atoms with E-state index in [1.165, 1.54) is 6.33 Å². The average Bonchev–Trinajstić information content (AvgIpc) is 2.78. The number of aromatic nitrogens is 4. The molecule has 3 rings (SSSR count). The SMILES string of the molecule is Brc1cncc(Oc2cccn3ncnc23)c1. The molecule has 0 radical (unpaired) electrons. The van der Waals surface area contributed by atoms with Crippen LogP contribution in [0.15, 0.2) is 47.6 Å². The second-order valence-corrected chi connectivity index (χ2v) is 4.26. The average molecular weight is 291 g/mol. The molecule has 0 fully saturated rings. The van der Waals surface area contributed by atoms with Crippen LogP contribution in [0.3, 0.4) is 0 Å². The maximum absolute atomic E-state index is 5.71. The number of pyridine rings is 2. The Kier molecular flexibility index (Phi) is 2.49. The minimum Gasteiger partial charge on any atom is -0.452 e. The van der Waals surface area contributed by atoms with Crippen molar-refractivity contribution in [1.29, 1.82) is 0 Å². The standard InChI is InChI=1S/C11H7BrN4O/c12-8-4-9(6-13-5-8)17-10-2-1-3-16-11(10)14-7-15-16/h1-7H. The lowest BCUT2D eigenvalue weighted by Gasteiger charge is -2.05. The van der Waals surface area contributed by atoms with E-state index in [9.17, 15) is 0 Å². The third kappa shape index (κ3) is 1.99. The van der Waals surface area contributed by atoms with E-state index in [1.807, 2.05) is 24.4 Å². The van der Waals surface area contributed by atoms with Crippen LogP contribution in [-0.4, -0.2) is 19.6 Å². The molecule has 0 aromatic carbocycles. The van der Waals surface area contributed by atoms with Gasteiger partial charge >= 0.3 is 0 Å². The Morgan fingerprint density at radius 3 is 3.12 bits per heavy atom. The van der Waals surface area contributed by atoms with E-state index in [-0.39, 0.29) is 0 Å². The summed E-state index contributed by atoms with van der Waals surface area (Å²) in [5.74, 6) is 1.29. The highest BCUT2D eigenvalue weighted by Crippen LogP contribution is 2.25. The van der Waals surface area contributed by atoms with Crippen molar-refractivity contribution in [1.82, 2.24) is 19.6 Å². The van der Waals surface area contributed by atoms with Crippen LogP contribution in [0.25, 0.3) is 5.65 Å². The molecule has 17 heavy (non-hydrogen) atoms. The van der Waals surface area contributed by atoms with Gasteiger partial charge in [-0.05, 0) is 34.1 Å². The maximum atomic E-state index is 5.71. The monoisotopic (exact) mass is 290 g/mol. The van der Waals surface area contributed by atoms with Crippen molar-refractivity contribution in [3.63, 3.8) is 0 Å². The second-order valence-electron chi connectivity index (χ2n) is 3.34. The van der Waals surface area contributed by atoms with E-state index in [1.54, 1.807) is 16.9 Å². The molecule has 0 aliphatic carbocycles. The molecule has 3 aromatic rings. The van der Waals surface area contributed by atoms with E-state index in [0.29, 0.717) is 17.1 Å². The molecule has 0 aliphatic heterocycles. The molecule has 5 nitrogen and oxygen atoms in total. The maximum Gasteiger partial charge on any atom is 0.198 e. The van der Waals surface area contributed by atoms with Gasteiger partial charge in [0, 0.05) is 16.9 Å². The summed E-state index contributed by atoms with van der Waals surface area (Å²) in [7, 11) is 0. The van der Waals surface area contributed by atoms with Crippen LogP contribution in [0.5, 0.6) is 11.5 Å². The van der Waals surface area contributed by atoms with Crippen molar-refractivity contribution < 1.29 is 4.74 Å². The molecule has 84 valence electrons. The molecule has 3 heterocycles. The predicted octanol–water partition coefficient (Wildman–Crippen LogP) is 2.68. The largest absolute Gasteiger partial charge is 0.452 e. The van der Waals surface area contributed by atoms with E-state index in [2.05, 4.69) is 31.0 Å². The number of fused-ring (bicyclic) bond motifs is 1. The van der Waals surface area contributed by atoms with Gasteiger partial charge in [0.15, 0.2) is 11.4 Å². The smallest absolute Gasteiger partial charge is 0.198 e. The van der Waals surface area contributed by atoms with Crippen LogP contribution >= 0.6 is 15.9 Å². The number of nitrogens with zero attached hydrogens (tertiary/aromatic N) is 4. The minimum absolute atomic E-state index is 0.643. The highest BCUT2D eigenvalue weighted by atomic mass is 79.9. The van der Waals surface area contributed by atoms with Gasteiger partial charge in [-0.15, -0.1) is 0 Å². The summed E-state index contributed by atoms with van der Waals surface area (Å²) in [6.45, 7) is 0. The number of hydrogen-bond acceptors (Lipinski definition) is 4. The lowest BCUT2D eigenvalue weighted by molar-refractivity contribution is 0.481. The minimum atomic E-state index is 0.643. The zero-order chi connectivity index (χ0) is 11.7. The Morgan fingerprint density at radius 1 is 1.29 bits per heavy atom. The number of halogens is 1. The molecule has 0 aliphatic rings. The van der Waals surface area contributed by atoms with Crippen LogP contribution in [0.4, 0.5) is 0 Å². The molecule has 0 amide bonds. The Bertz CT molecular complexity index is 667. The van der Waals surface area contributed by atoms with E-state index >= 15 is 0 Å². The lowest BCUT2D eigenvalue weighted by Crippen LogP contribution is -1.91. The van der Waals surface area contributed by atoms with Gasteiger partial charge in [-0.3, -0.25) is 4.98 Å². The molecule has 0 bridgehead atoms. The summed E-state index contributed by atoms with van der Waals surface area (Å²) in [5.41, 5.74) is 0.674. The lowest BCUT2D eigenvalue weighted by atomic mass is 10.4. The molecule has 0 spiro atoms. The van der Waals surface area contributed by atoms with Crippen LogP contribution in [-0.2, 0) is 0 Å². The summed E-state index contributed by atoms with van der Waals surface area (Å²) in [6, 6.07) is 5.53. The van der Waals surface area contributed by atoms with E-state index < -0.39 is 0 Å². The quantitative estimate of drug-likeness (QED) is 0.728. The van der Waals surface area contributed by atoms with E-state index in [4.69, 9.17) is 4.74 Å². The number of ether oxygens (including phenoxy) is 1. The normalized spacial score (nSPS) is 10.6. The number of rotatable bonds is 2. The topological polar surface area (TPSA) is 52.3 Å². The van der Waals surface area contributed by atoms with Crippen LogP contribution in [0, 0.1) is 0 Å². The third-order valence-electron chi connectivity index (χ3n) is 2.18. The van der Waals surface area contributed by atoms with Crippen LogP contribution < -0.4 is 4.74 Å². The van der Waals surface area contributed by atoms with Gasteiger partial charge in [-0.1, -0.05) is 0 Å². The molecule has 0 saturated carbocycles. The van der Waals surface area contributed by atoms with Crippen molar-refractivity contribution in [3.05, 3.63) is 47.6 Å².